The number of ether oxygens (including phenoxy) is 1. The van der Waals surface area contributed by atoms with Gasteiger partial charge in [-0.2, -0.15) is 5.10 Å². The molecule has 29 heavy (non-hydrogen) atoms. The molecule has 0 atom stereocenters. The fourth-order valence-electron chi connectivity index (χ4n) is 3.17. The van der Waals surface area contributed by atoms with Crippen molar-refractivity contribution in [3.05, 3.63) is 64.4 Å². The molecule has 0 aromatic heterocycles. The summed E-state index contributed by atoms with van der Waals surface area (Å²) < 4.78 is 19.9. The van der Waals surface area contributed by atoms with Gasteiger partial charge in [0.05, 0.1) is 11.8 Å². The summed E-state index contributed by atoms with van der Waals surface area (Å²) in [6.07, 6.45) is 3.44. The third-order valence-corrected chi connectivity index (χ3v) is 5.16. The van der Waals surface area contributed by atoms with Crippen molar-refractivity contribution in [3.63, 3.8) is 0 Å². The van der Waals surface area contributed by atoms with Gasteiger partial charge in [0.15, 0.2) is 6.61 Å². The molecule has 2 aromatic carbocycles. The molecule has 0 saturated carbocycles. The second kappa shape index (κ2) is 8.25. The molecule has 3 rings (SSSR count). The van der Waals surface area contributed by atoms with Gasteiger partial charge in [-0.05, 0) is 62.7 Å². The van der Waals surface area contributed by atoms with Crippen molar-refractivity contribution in [1.29, 1.82) is 0 Å². The topological polar surface area (TPSA) is 53.9 Å². The van der Waals surface area contributed by atoms with E-state index in [1.165, 1.54) is 12.3 Å². The summed E-state index contributed by atoms with van der Waals surface area (Å²) >= 11 is 5.80. The number of carbonyl (C=O) groups excluding carboxylic acids is 1. The zero-order chi connectivity index (χ0) is 21.2. The number of hydrogen-bond donors (Lipinski definition) is 1. The molecule has 0 unspecified atom stereocenters. The van der Waals surface area contributed by atoms with Crippen LogP contribution >= 0.6 is 11.6 Å². The SMILES string of the molecule is CC1=CC(C)(C)N(C)c2cc(F)c(/C=N\NC(=O)COc3ccc(Cl)cc3)cc21. The number of hydrazone groups is 1. The summed E-state index contributed by atoms with van der Waals surface area (Å²) in [5.74, 6) is -0.341. The van der Waals surface area contributed by atoms with Crippen LogP contribution in [0.4, 0.5) is 10.1 Å². The predicted octanol–water partition coefficient (Wildman–Crippen LogP) is 4.64. The van der Waals surface area contributed by atoms with Gasteiger partial charge in [-0.3, -0.25) is 4.79 Å². The highest BCUT2D eigenvalue weighted by Gasteiger charge is 2.29. The van der Waals surface area contributed by atoms with Crippen LogP contribution in [0.1, 0.15) is 31.9 Å². The van der Waals surface area contributed by atoms with E-state index < -0.39 is 11.7 Å². The highest BCUT2D eigenvalue weighted by atomic mass is 35.5. The minimum atomic E-state index is -0.452. The van der Waals surface area contributed by atoms with Gasteiger partial charge in [-0.1, -0.05) is 17.7 Å². The van der Waals surface area contributed by atoms with Gasteiger partial charge >= 0.3 is 0 Å². The number of allylic oxidation sites excluding steroid dienone is 1. The minimum absolute atomic E-state index is 0.197. The molecule has 1 N–H and O–H groups in total. The minimum Gasteiger partial charge on any atom is -0.484 e. The van der Waals surface area contributed by atoms with E-state index >= 15 is 0 Å². The van der Waals surface area contributed by atoms with Crippen LogP contribution in [0.3, 0.4) is 0 Å². The number of carbonyl (C=O) groups is 1. The Morgan fingerprint density at radius 1 is 1.31 bits per heavy atom. The van der Waals surface area contributed by atoms with Crippen molar-refractivity contribution in [2.45, 2.75) is 26.3 Å². The zero-order valence-corrected chi connectivity index (χ0v) is 17.5. The van der Waals surface area contributed by atoms with E-state index in [1.807, 2.05) is 18.9 Å². The first kappa shape index (κ1) is 20.9. The molecule has 1 aliphatic rings. The molecule has 0 spiro atoms. The molecule has 0 bridgehead atoms. The quantitative estimate of drug-likeness (QED) is 0.571. The van der Waals surface area contributed by atoms with E-state index in [4.69, 9.17) is 16.3 Å². The molecular weight excluding hydrogens is 393 g/mol. The average molecular weight is 416 g/mol. The second-order valence-electron chi connectivity index (χ2n) is 7.47. The van der Waals surface area contributed by atoms with E-state index in [0.29, 0.717) is 16.3 Å². The van der Waals surface area contributed by atoms with Crippen LogP contribution in [-0.2, 0) is 4.79 Å². The fourth-order valence-corrected chi connectivity index (χ4v) is 3.30. The van der Waals surface area contributed by atoms with Crippen LogP contribution in [0.5, 0.6) is 5.75 Å². The van der Waals surface area contributed by atoms with Crippen molar-refractivity contribution in [2.24, 2.45) is 5.10 Å². The van der Waals surface area contributed by atoms with Gasteiger partial charge < -0.3 is 9.64 Å². The van der Waals surface area contributed by atoms with Gasteiger partial charge in [0.25, 0.3) is 5.91 Å². The lowest BCUT2D eigenvalue weighted by atomic mass is 9.88. The van der Waals surface area contributed by atoms with Crippen LogP contribution in [0.2, 0.25) is 5.02 Å². The first-order chi connectivity index (χ1) is 13.7. The Kier molecular flexibility index (Phi) is 5.94. The maximum atomic E-state index is 14.6. The molecule has 1 heterocycles. The van der Waals surface area contributed by atoms with Crippen molar-refractivity contribution in [2.75, 3.05) is 18.6 Å². The van der Waals surface area contributed by atoms with Crippen LogP contribution in [0.25, 0.3) is 5.57 Å². The highest BCUT2D eigenvalue weighted by molar-refractivity contribution is 6.30. The third kappa shape index (κ3) is 4.77. The summed E-state index contributed by atoms with van der Waals surface area (Å²) in [6, 6.07) is 9.90. The van der Waals surface area contributed by atoms with Crippen LogP contribution < -0.4 is 15.1 Å². The lowest BCUT2D eigenvalue weighted by molar-refractivity contribution is -0.123. The Hall–Kier alpha value is -2.86. The molecule has 2 aromatic rings. The van der Waals surface area contributed by atoms with Gasteiger partial charge in [0.2, 0.25) is 0 Å². The number of benzene rings is 2. The molecular formula is C22H23ClFN3O2. The van der Waals surface area contributed by atoms with E-state index in [1.54, 1.807) is 30.3 Å². The van der Waals surface area contributed by atoms with E-state index in [2.05, 4.69) is 30.5 Å². The Morgan fingerprint density at radius 2 is 2.00 bits per heavy atom. The van der Waals surface area contributed by atoms with Gasteiger partial charge in [-0.15, -0.1) is 0 Å². The molecule has 1 aliphatic heterocycles. The smallest absolute Gasteiger partial charge is 0.277 e. The molecule has 152 valence electrons. The number of nitrogens with zero attached hydrogens (tertiary/aromatic N) is 2. The Morgan fingerprint density at radius 3 is 2.69 bits per heavy atom. The fraction of sp³-hybridized carbons (Fsp3) is 0.273. The molecule has 7 heteroatoms. The maximum absolute atomic E-state index is 14.6. The van der Waals surface area contributed by atoms with Crippen molar-refractivity contribution >= 4 is 35.0 Å². The van der Waals surface area contributed by atoms with Crippen LogP contribution in [-0.4, -0.2) is 31.3 Å². The third-order valence-electron chi connectivity index (χ3n) is 4.91. The number of anilines is 1. The summed E-state index contributed by atoms with van der Waals surface area (Å²) in [5, 5.41) is 4.43. The summed E-state index contributed by atoms with van der Waals surface area (Å²) in [5.41, 5.74) is 5.27. The summed E-state index contributed by atoms with van der Waals surface area (Å²) in [7, 11) is 1.94. The van der Waals surface area contributed by atoms with Gasteiger partial charge in [-0.25, -0.2) is 9.82 Å². The molecule has 1 amide bonds. The van der Waals surface area contributed by atoms with E-state index in [9.17, 15) is 9.18 Å². The lowest BCUT2D eigenvalue weighted by Crippen LogP contribution is -2.42. The Labute approximate surface area is 174 Å². The first-order valence-corrected chi connectivity index (χ1v) is 9.52. The number of halogens is 2. The monoisotopic (exact) mass is 415 g/mol. The van der Waals surface area contributed by atoms with Gasteiger partial charge in [0.1, 0.15) is 11.6 Å². The van der Waals surface area contributed by atoms with Crippen molar-refractivity contribution < 1.29 is 13.9 Å². The second-order valence-corrected chi connectivity index (χ2v) is 7.90. The van der Waals surface area contributed by atoms with Crippen LogP contribution in [0.15, 0.2) is 47.6 Å². The summed E-state index contributed by atoms with van der Waals surface area (Å²) in [4.78, 5) is 13.9. The zero-order valence-electron chi connectivity index (χ0n) is 16.8. The molecule has 5 nitrogen and oxygen atoms in total. The van der Waals surface area contributed by atoms with Gasteiger partial charge in [0, 0.05) is 28.9 Å². The van der Waals surface area contributed by atoms with E-state index in [0.717, 1.165) is 16.8 Å². The molecule has 0 fully saturated rings. The lowest BCUT2D eigenvalue weighted by Gasteiger charge is -2.40. The van der Waals surface area contributed by atoms with E-state index in [-0.39, 0.29) is 12.1 Å². The average Bonchev–Trinajstić information content (AvgIpc) is 2.66. The van der Waals surface area contributed by atoms with Crippen molar-refractivity contribution in [3.8, 4) is 5.75 Å². The van der Waals surface area contributed by atoms with Crippen molar-refractivity contribution in [1.82, 2.24) is 5.43 Å². The Bertz CT molecular complexity index is 984. The number of nitrogens with one attached hydrogen (secondary N) is 1. The summed E-state index contributed by atoms with van der Waals surface area (Å²) in [6.45, 7) is 5.94. The number of hydrogen-bond acceptors (Lipinski definition) is 4. The predicted molar refractivity (Wildman–Crippen MR) is 115 cm³/mol. The largest absolute Gasteiger partial charge is 0.484 e. The Balaban J connectivity index is 1.66. The number of fused-ring (bicyclic) bond motifs is 1. The number of likely N-dealkylation sites (N-methyl/N-ethyl adjacent to an activating group) is 1. The molecule has 0 radical (unpaired) electrons. The number of amides is 1. The molecule has 0 aliphatic carbocycles. The maximum Gasteiger partial charge on any atom is 0.277 e. The normalized spacial score (nSPS) is 15.1. The standard InChI is InChI=1S/C22H23ClFN3O2/c1-14-11-22(2,3)27(4)20-10-19(24)15(9-18(14)20)12-25-26-21(28)13-29-17-7-5-16(23)6-8-17/h5-12H,13H2,1-4H3,(H,26,28)/b25-12-. The van der Waals surface area contributed by atoms with Crippen LogP contribution in [0, 0.1) is 5.82 Å². The first-order valence-electron chi connectivity index (χ1n) is 9.15. The highest BCUT2D eigenvalue weighted by Crippen LogP contribution is 2.38. The number of rotatable bonds is 5. The molecule has 0 saturated heterocycles.